The highest BCUT2D eigenvalue weighted by Gasteiger charge is 2.03. The molecule has 80 valence electrons. The van der Waals surface area contributed by atoms with Gasteiger partial charge in [0.2, 0.25) is 0 Å². The molecule has 0 amide bonds. The Kier molecular flexibility index (Phi) is 4.29. The normalized spacial score (nSPS) is 10.3. The van der Waals surface area contributed by atoms with Gasteiger partial charge in [0.15, 0.2) is 0 Å². The van der Waals surface area contributed by atoms with Gasteiger partial charge in [0.25, 0.3) is 0 Å². The SMILES string of the molecule is CN(C)CCc1cc(CN)ccc1C#N. The van der Waals surface area contributed by atoms with Crippen LogP contribution >= 0.6 is 0 Å². The van der Waals surface area contributed by atoms with Crippen molar-refractivity contribution in [2.24, 2.45) is 5.73 Å². The van der Waals surface area contributed by atoms with E-state index in [4.69, 9.17) is 11.0 Å². The van der Waals surface area contributed by atoms with Crippen LogP contribution in [0, 0.1) is 11.3 Å². The summed E-state index contributed by atoms with van der Waals surface area (Å²) in [5.41, 5.74) is 8.51. The summed E-state index contributed by atoms with van der Waals surface area (Å²) in [7, 11) is 4.05. The molecule has 15 heavy (non-hydrogen) atoms. The molecule has 0 heterocycles. The Balaban J connectivity index is 2.87. The average Bonchev–Trinajstić information content (AvgIpc) is 2.25. The minimum atomic E-state index is 0.528. The van der Waals surface area contributed by atoms with Crippen LogP contribution in [0.5, 0.6) is 0 Å². The van der Waals surface area contributed by atoms with Crippen LogP contribution in [-0.2, 0) is 13.0 Å². The van der Waals surface area contributed by atoms with Gasteiger partial charge in [-0.15, -0.1) is 0 Å². The van der Waals surface area contributed by atoms with E-state index >= 15 is 0 Å². The van der Waals surface area contributed by atoms with Crippen molar-refractivity contribution >= 4 is 0 Å². The predicted octanol–water partition coefficient (Wildman–Crippen LogP) is 1.12. The molecule has 0 unspecified atom stereocenters. The molecule has 0 radical (unpaired) electrons. The summed E-state index contributed by atoms with van der Waals surface area (Å²) in [6.45, 7) is 1.48. The number of hydrogen-bond donors (Lipinski definition) is 1. The maximum atomic E-state index is 8.95. The topological polar surface area (TPSA) is 53.0 Å². The van der Waals surface area contributed by atoms with Gasteiger partial charge in [-0.1, -0.05) is 12.1 Å². The Labute approximate surface area is 91.1 Å². The van der Waals surface area contributed by atoms with Crippen molar-refractivity contribution in [3.05, 3.63) is 34.9 Å². The molecule has 0 atom stereocenters. The lowest BCUT2D eigenvalue weighted by atomic mass is 10.0. The number of nitrogens with two attached hydrogens (primary N) is 1. The third-order valence-electron chi connectivity index (χ3n) is 2.35. The van der Waals surface area contributed by atoms with Crippen LogP contribution in [0.4, 0.5) is 0 Å². The van der Waals surface area contributed by atoms with Gasteiger partial charge in [-0.25, -0.2) is 0 Å². The first-order chi connectivity index (χ1) is 7.17. The Morgan fingerprint density at radius 2 is 2.13 bits per heavy atom. The number of rotatable bonds is 4. The smallest absolute Gasteiger partial charge is 0.0994 e. The van der Waals surface area contributed by atoms with Crippen molar-refractivity contribution < 1.29 is 0 Å². The van der Waals surface area contributed by atoms with E-state index in [1.54, 1.807) is 0 Å². The molecule has 3 nitrogen and oxygen atoms in total. The molecular formula is C12H17N3. The molecule has 2 N–H and O–H groups in total. The Morgan fingerprint density at radius 1 is 1.40 bits per heavy atom. The third-order valence-corrected chi connectivity index (χ3v) is 2.35. The highest BCUT2D eigenvalue weighted by Crippen LogP contribution is 2.12. The molecule has 0 saturated heterocycles. The quantitative estimate of drug-likeness (QED) is 0.798. The fourth-order valence-electron chi connectivity index (χ4n) is 1.43. The number of nitriles is 1. The summed E-state index contributed by atoms with van der Waals surface area (Å²) < 4.78 is 0. The van der Waals surface area contributed by atoms with E-state index in [1.807, 2.05) is 32.3 Å². The second-order valence-corrected chi connectivity index (χ2v) is 3.86. The van der Waals surface area contributed by atoms with Gasteiger partial charge in [-0.3, -0.25) is 0 Å². The van der Waals surface area contributed by atoms with Crippen LogP contribution in [0.15, 0.2) is 18.2 Å². The van der Waals surface area contributed by atoms with E-state index in [0.717, 1.165) is 29.7 Å². The molecule has 0 fully saturated rings. The van der Waals surface area contributed by atoms with Gasteiger partial charge in [-0.2, -0.15) is 5.26 Å². The molecule has 1 aromatic rings. The molecule has 1 aromatic carbocycles. The zero-order valence-corrected chi connectivity index (χ0v) is 9.33. The van der Waals surface area contributed by atoms with Gasteiger partial charge in [0, 0.05) is 13.1 Å². The molecule has 0 aliphatic heterocycles. The minimum Gasteiger partial charge on any atom is -0.326 e. The van der Waals surface area contributed by atoms with Crippen LogP contribution in [0.25, 0.3) is 0 Å². The van der Waals surface area contributed by atoms with Crippen LogP contribution in [0.3, 0.4) is 0 Å². The monoisotopic (exact) mass is 203 g/mol. The number of likely N-dealkylation sites (N-methyl/N-ethyl adjacent to an activating group) is 1. The van der Waals surface area contributed by atoms with Crippen molar-refractivity contribution in [2.45, 2.75) is 13.0 Å². The lowest BCUT2D eigenvalue weighted by Crippen LogP contribution is -2.15. The lowest BCUT2D eigenvalue weighted by molar-refractivity contribution is 0.413. The fourth-order valence-corrected chi connectivity index (χ4v) is 1.43. The highest BCUT2D eigenvalue weighted by atomic mass is 15.0. The Bertz CT molecular complexity index is 364. The summed E-state index contributed by atoms with van der Waals surface area (Å²) in [4.78, 5) is 2.11. The summed E-state index contributed by atoms with van der Waals surface area (Å²) in [5.74, 6) is 0. The van der Waals surface area contributed by atoms with Crippen molar-refractivity contribution in [3.8, 4) is 6.07 Å². The first-order valence-corrected chi connectivity index (χ1v) is 5.04. The predicted molar refractivity (Wildman–Crippen MR) is 61.3 cm³/mol. The summed E-state index contributed by atoms with van der Waals surface area (Å²) in [6.07, 6.45) is 0.893. The second kappa shape index (κ2) is 5.50. The number of benzene rings is 1. The van der Waals surface area contributed by atoms with Crippen LogP contribution in [0.2, 0.25) is 0 Å². The largest absolute Gasteiger partial charge is 0.326 e. The van der Waals surface area contributed by atoms with Gasteiger partial charge in [-0.05, 0) is 37.7 Å². The maximum absolute atomic E-state index is 8.95. The van der Waals surface area contributed by atoms with E-state index in [1.165, 1.54) is 0 Å². The highest BCUT2D eigenvalue weighted by molar-refractivity contribution is 5.40. The van der Waals surface area contributed by atoms with Gasteiger partial charge < -0.3 is 10.6 Å². The van der Waals surface area contributed by atoms with Crippen LogP contribution < -0.4 is 5.73 Å². The van der Waals surface area contributed by atoms with Gasteiger partial charge >= 0.3 is 0 Å². The summed E-state index contributed by atoms with van der Waals surface area (Å²) in [6, 6.07) is 8.01. The van der Waals surface area contributed by atoms with E-state index < -0.39 is 0 Å². The van der Waals surface area contributed by atoms with Gasteiger partial charge in [0.05, 0.1) is 11.6 Å². The minimum absolute atomic E-state index is 0.528. The second-order valence-electron chi connectivity index (χ2n) is 3.86. The lowest BCUT2D eigenvalue weighted by Gasteiger charge is -2.11. The van der Waals surface area contributed by atoms with E-state index in [0.29, 0.717) is 6.54 Å². The van der Waals surface area contributed by atoms with Crippen LogP contribution in [-0.4, -0.2) is 25.5 Å². The first kappa shape index (κ1) is 11.7. The molecule has 0 saturated carbocycles. The fraction of sp³-hybridized carbons (Fsp3) is 0.417. The molecule has 1 rings (SSSR count). The summed E-state index contributed by atoms with van der Waals surface area (Å²) >= 11 is 0. The van der Waals surface area contributed by atoms with E-state index in [-0.39, 0.29) is 0 Å². The van der Waals surface area contributed by atoms with E-state index in [2.05, 4.69) is 11.0 Å². The zero-order valence-electron chi connectivity index (χ0n) is 9.33. The molecule has 3 heteroatoms. The number of nitrogens with zero attached hydrogens (tertiary/aromatic N) is 2. The van der Waals surface area contributed by atoms with Gasteiger partial charge in [0.1, 0.15) is 0 Å². The summed E-state index contributed by atoms with van der Waals surface area (Å²) in [5, 5.41) is 8.95. The average molecular weight is 203 g/mol. The number of hydrogen-bond acceptors (Lipinski definition) is 3. The molecule has 0 aromatic heterocycles. The third kappa shape index (κ3) is 3.35. The van der Waals surface area contributed by atoms with Crippen LogP contribution in [0.1, 0.15) is 16.7 Å². The van der Waals surface area contributed by atoms with Crippen molar-refractivity contribution in [1.29, 1.82) is 5.26 Å². The molecule has 0 aliphatic rings. The van der Waals surface area contributed by atoms with E-state index in [9.17, 15) is 0 Å². The Morgan fingerprint density at radius 3 is 2.67 bits per heavy atom. The molecular weight excluding hydrogens is 186 g/mol. The molecule has 0 spiro atoms. The molecule has 0 aliphatic carbocycles. The Hall–Kier alpha value is -1.37. The maximum Gasteiger partial charge on any atom is 0.0994 e. The van der Waals surface area contributed by atoms with Crippen molar-refractivity contribution in [3.63, 3.8) is 0 Å². The van der Waals surface area contributed by atoms with Crippen molar-refractivity contribution in [2.75, 3.05) is 20.6 Å². The first-order valence-electron chi connectivity index (χ1n) is 5.04. The molecule has 0 bridgehead atoms. The van der Waals surface area contributed by atoms with Crippen molar-refractivity contribution in [1.82, 2.24) is 4.90 Å². The zero-order chi connectivity index (χ0) is 11.3. The standard InChI is InChI=1S/C12H17N3/c1-15(2)6-5-11-7-10(8-13)3-4-12(11)9-14/h3-4,7H,5-6,8,13H2,1-2H3.